The van der Waals surface area contributed by atoms with E-state index in [-0.39, 0.29) is 35.7 Å². The number of nitrogens with one attached hydrogen (secondary N) is 2. The molecular formula is C23H26F2N4O3. The lowest BCUT2D eigenvalue weighted by molar-refractivity contribution is -0.117. The average molecular weight is 444 g/mol. The molecule has 170 valence electrons. The van der Waals surface area contributed by atoms with Crippen LogP contribution in [0.4, 0.5) is 14.6 Å². The summed E-state index contributed by atoms with van der Waals surface area (Å²) in [5.74, 6) is -3.11. The molecule has 0 bridgehead atoms. The van der Waals surface area contributed by atoms with E-state index in [1.54, 1.807) is 26.0 Å². The van der Waals surface area contributed by atoms with E-state index in [1.807, 2.05) is 0 Å². The Morgan fingerprint density at radius 1 is 1.22 bits per heavy atom. The highest BCUT2D eigenvalue weighted by Crippen LogP contribution is 2.30. The van der Waals surface area contributed by atoms with Crippen LogP contribution in [0.1, 0.15) is 47.1 Å². The molecule has 0 atom stereocenters. The molecule has 2 heterocycles. The van der Waals surface area contributed by atoms with Gasteiger partial charge in [0.05, 0.1) is 0 Å². The second-order valence-electron chi connectivity index (χ2n) is 8.00. The Morgan fingerprint density at radius 2 is 1.94 bits per heavy atom. The monoisotopic (exact) mass is 444 g/mol. The maximum absolute atomic E-state index is 13.6. The zero-order valence-electron chi connectivity index (χ0n) is 18.3. The van der Waals surface area contributed by atoms with Crippen LogP contribution >= 0.6 is 0 Å². The lowest BCUT2D eigenvalue weighted by Crippen LogP contribution is -2.27. The number of carbonyl (C=O) groups excluding carboxylic acids is 2. The molecule has 1 aliphatic carbocycles. The van der Waals surface area contributed by atoms with Crippen molar-refractivity contribution in [1.82, 2.24) is 15.3 Å². The highest BCUT2D eigenvalue weighted by molar-refractivity contribution is 5.97. The van der Waals surface area contributed by atoms with Crippen molar-refractivity contribution in [2.45, 2.75) is 46.1 Å². The van der Waals surface area contributed by atoms with E-state index in [0.717, 1.165) is 12.8 Å². The maximum atomic E-state index is 13.6. The zero-order chi connectivity index (χ0) is 23.5. The quantitative estimate of drug-likeness (QED) is 0.571. The first kappa shape index (κ1) is 23.3. The van der Waals surface area contributed by atoms with Gasteiger partial charge in [-0.05, 0) is 56.9 Å². The van der Waals surface area contributed by atoms with E-state index in [0.29, 0.717) is 28.3 Å². The van der Waals surface area contributed by atoms with Gasteiger partial charge in [0.25, 0.3) is 5.91 Å². The van der Waals surface area contributed by atoms with Gasteiger partial charge in [-0.2, -0.15) is 8.78 Å². The van der Waals surface area contributed by atoms with Crippen molar-refractivity contribution in [3.05, 3.63) is 58.9 Å². The number of amides is 2. The molecule has 2 aromatic rings. The lowest BCUT2D eigenvalue weighted by atomic mass is 10.1. The van der Waals surface area contributed by atoms with E-state index in [1.165, 1.54) is 19.1 Å². The number of aryl methyl sites for hydroxylation is 2. The molecule has 1 fully saturated rings. The summed E-state index contributed by atoms with van der Waals surface area (Å²) in [7, 11) is 0. The number of halogens is 2. The minimum atomic E-state index is -3.14. The van der Waals surface area contributed by atoms with Gasteiger partial charge in [0.15, 0.2) is 6.61 Å². The van der Waals surface area contributed by atoms with Crippen molar-refractivity contribution in [3.8, 4) is 5.88 Å². The molecule has 3 rings (SSSR count). The van der Waals surface area contributed by atoms with Gasteiger partial charge >= 0.3 is 5.92 Å². The number of anilines is 1. The summed E-state index contributed by atoms with van der Waals surface area (Å²) in [6.45, 7) is 7.28. The van der Waals surface area contributed by atoms with Crippen LogP contribution in [0.25, 0.3) is 0 Å². The fraction of sp³-hybridized carbons (Fsp3) is 0.391. The van der Waals surface area contributed by atoms with Gasteiger partial charge < -0.3 is 15.4 Å². The first-order valence-corrected chi connectivity index (χ1v) is 10.3. The van der Waals surface area contributed by atoms with Crippen LogP contribution in [0.3, 0.4) is 0 Å². The van der Waals surface area contributed by atoms with Crippen LogP contribution < -0.4 is 15.4 Å². The number of carbonyl (C=O) groups is 2. The molecule has 32 heavy (non-hydrogen) atoms. The van der Waals surface area contributed by atoms with Crippen molar-refractivity contribution < 1.29 is 23.1 Å². The van der Waals surface area contributed by atoms with Crippen LogP contribution in [-0.2, 0) is 11.3 Å². The minimum Gasteiger partial charge on any atom is -0.471 e. The van der Waals surface area contributed by atoms with Crippen LogP contribution in [0.2, 0.25) is 0 Å². The molecule has 7 nitrogen and oxygen atoms in total. The van der Waals surface area contributed by atoms with Gasteiger partial charge in [0.1, 0.15) is 5.82 Å². The molecule has 1 saturated carbocycles. The maximum Gasteiger partial charge on any atom is 0.302 e. The summed E-state index contributed by atoms with van der Waals surface area (Å²) < 4.78 is 32.3. The Hall–Kier alpha value is -3.36. The molecule has 2 N–H and O–H groups in total. The summed E-state index contributed by atoms with van der Waals surface area (Å²) in [6.07, 6.45) is 1.75. The largest absolute Gasteiger partial charge is 0.471 e. The van der Waals surface area contributed by atoms with Crippen molar-refractivity contribution in [1.29, 1.82) is 0 Å². The summed E-state index contributed by atoms with van der Waals surface area (Å²) in [6, 6.07) is 6.30. The number of pyridine rings is 2. The fourth-order valence-corrected chi connectivity index (χ4v) is 2.84. The van der Waals surface area contributed by atoms with E-state index < -0.39 is 12.5 Å². The molecule has 2 aromatic heterocycles. The van der Waals surface area contributed by atoms with Gasteiger partial charge in [0, 0.05) is 35.5 Å². The van der Waals surface area contributed by atoms with Crippen molar-refractivity contribution in [3.63, 3.8) is 0 Å². The number of hydrogen-bond donors (Lipinski definition) is 2. The Kier molecular flexibility index (Phi) is 6.86. The van der Waals surface area contributed by atoms with Crippen molar-refractivity contribution in [2.75, 3.05) is 11.9 Å². The topological polar surface area (TPSA) is 93.2 Å². The third-order valence-corrected chi connectivity index (χ3v) is 5.05. The Morgan fingerprint density at radius 3 is 2.56 bits per heavy atom. The predicted octanol–water partition coefficient (Wildman–Crippen LogP) is 3.96. The molecule has 0 aliphatic heterocycles. The number of alkyl halides is 2. The summed E-state index contributed by atoms with van der Waals surface area (Å²) >= 11 is 0. The van der Waals surface area contributed by atoms with E-state index in [4.69, 9.17) is 4.74 Å². The molecule has 0 aromatic carbocycles. The minimum absolute atomic E-state index is 0.0315. The first-order chi connectivity index (χ1) is 15.0. The molecule has 0 spiro atoms. The molecule has 1 aliphatic rings. The Balaban J connectivity index is 1.60. The number of rotatable bonds is 9. The van der Waals surface area contributed by atoms with E-state index >= 15 is 0 Å². The number of ether oxygens (including phenoxy) is 1. The molecule has 0 saturated heterocycles. The predicted molar refractivity (Wildman–Crippen MR) is 116 cm³/mol. The molecule has 0 radical (unpaired) electrons. The van der Waals surface area contributed by atoms with Crippen LogP contribution in [0.5, 0.6) is 5.88 Å². The summed E-state index contributed by atoms with van der Waals surface area (Å²) in [5.41, 5.74) is 1.95. The third-order valence-electron chi connectivity index (χ3n) is 5.05. The smallest absolute Gasteiger partial charge is 0.302 e. The Bertz CT molecular complexity index is 1050. The highest BCUT2D eigenvalue weighted by Gasteiger charge is 2.31. The third kappa shape index (κ3) is 6.09. The SMILES string of the molecule is C=C(C)C(F)(F)COc1ccc(CNC(=O)c2cc(C)nc(NC(=O)C3CC3)c2)c(C)n1. The molecule has 2 amide bonds. The first-order valence-electron chi connectivity index (χ1n) is 10.3. The van der Waals surface area contributed by atoms with Crippen molar-refractivity contribution >= 4 is 17.6 Å². The number of hydrogen-bond acceptors (Lipinski definition) is 5. The van der Waals surface area contributed by atoms with Gasteiger partial charge in [-0.25, -0.2) is 9.97 Å². The molecule has 9 heteroatoms. The van der Waals surface area contributed by atoms with Gasteiger partial charge in [-0.15, -0.1) is 0 Å². The van der Waals surface area contributed by atoms with Gasteiger partial charge in [-0.1, -0.05) is 12.6 Å². The summed E-state index contributed by atoms with van der Waals surface area (Å²) in [4.78, 5) is 33.0. The normalized spacial score (nSPS) is 13.4. The summed E-state index contributed by atoms with van der Waals surface area (Å²) in [5, 5.41) is 5.54. The highest BCUT2D eigenvalue weighted by atomic mass is 19.3. The zero-order valence-corrected chi connectivity index (χ0v) is 18.3. The van der Waals surface area contributed by atoms with E-state index in [2.05, 4.69) is 27.2 Å². The van der Waals surface area contributed by atoms with Crippen LogP contribution in [0, 0.1) is 19.8 Å². The lowest BCUT2D eigenvalue weighted by Gasteiger charge is -2.17. The second-order valence-corrected chi connectivity index (χ2v) is 8.00. The van der Waals surface area contributed by atoms with Crippen molar-refractivity contribution in [2.24, 2.45) is 5.92 Å². The van der Waals surface area contributed by atoms with E-state index in [9.17, 15) is 18.4 Å². The van der Waals surface area contributed by atoms with Crippen LogP contribution in [0.15, 0.2) is 36.4 Å². The fourth-order valence-electron chi connectivity index (χ4n) is 2.84. The Labute approximate surface area is 185 Å². The van der Waals surface area contributed by atoms with Crippen LogP contribution in [-0.4, -0.2) is 34.3 Å². The molecular weight excluding hydrogens is 418 g/mol. The van der Waals surface area contributed by atoms with Gasteiger partial charge in [-0.3, -0.25) is 9.59 Å². The second kappa shape index (κ2) is 9.42. The number of aromatic nitrogens is 2. The molecule has 0 unspecified atom stereocenters. The standard InChI is InChI=1S/C23H26F2N4O3/c1-13(2)23(24,25)12-32-20-8-7-17(15(4)28-20)11-26-21(30)18-9-14(3)27-19(10-18)29-22(31)16-5-6-16/h7-10,16H,1,5-6,11-12H2,2-4H3,(H,26,30)(H,27,29,31). The van der Waals surface area contributed by atoms with Gasteiger partial charge in [0.2, 0.25) is 11.8 Å². The average Bonchev–Trinajstić information content (AvgIpc) is 3.56. The number of nitrogens with zero attached hydrogens (tertiary/aromatic N) is 2.